The molecule has 0 aromatic heterocycles. The van der Waals surface area contributed by atoms with Crippen LogP contribution in [0.25, 0.3) is 0 Å². The van der Waals surface area contributed by atoms with Crippen LogP contribution >= 0.6 is 0 Å². The molecule has 342 valence electrons. The Morgan fingerprint density at radius 1 is 0.390 bits per heavy atom. The van der Waals surface area contributed by atoms with Crippen LogP contribution < -0.4 is 16.0 Å². The van der Waals surface area contributed by atoms with Crippen molar-refractivity contribution < 1.29 is 14.4 Å². The predicted molar refractivity (Wildman–Crippen MR) is 243 cm³/mol. The van der Waals surface area contributed by atoms with E-state index in [1.54, 1.807) is 21.1 Å². The monoisotopic (exact) mass is 830 g/mol. The molecule has 59 heavy (non-hydrogen) atoms. The van der Waals surface area contributed by atoms with Crippen LogP contribution in [0.5, 0.6) is 0 Å². The Labute approximate surface area is 361 Å². The third-order valence-electron chi connectivity index (χ3n) is 14.9. The number of likely N-dealkylation sites (N-methyl/N-ethyl adjacent to an activating group) is 2. The number of hydrogen-bond donors (Lipinski definition) is 3. The minimum Gasteiger partial charge on any atom is -0.359 e. The lowest BCUT2D eigenvalue weighted by atomic mass is 9.92. The molecule has 6 aliphatic rings. The summed E-state index contributed by atoms with van der Waals surface area (Å²) in [4.78, 5) is 49.2. The summed E-state index contributed by atoms with van der Waals surface area (Å²) in [6, 6.07) is 0. The first-order valence-electron chi connectivity index (χ1n) is 24.5. The number of nitrogens with zero attached hydrogens (tertiary/aromatic N) is 6. The van der Waals surface area contributed by atoms with Gasteiger partial charge in [-0.3, -0.25) is 24.2 Å². The van der Waals surface area contributed by atoms with Gasteiger partial charge in [0.2, 0.25) is 17.7 Å². The van der Waals surface area contributed by atoms with Gasteiger partial charge in [-0.2, -0.15) is 0 Å². The van der Waals surface area contributed by atoms with E-state index < -0.39 is 0 Å². The summed E-state index contributed by atoms with van der Waals surface area (Å²) in [6.45, 7) is 27.7. The smallest absolute Gasteiger partial charge is 0.233 e. The average molecular weight is 830 g/mol. The first kappa shape index (κ1) is 49.8. The van der Waals surface area contributed by atoms with Gasteiger partial charge < -0.3 is 35.6 Å². The van der Waals surface area contributed by atoms with Crippen molar-refractivity contribution in [2.24, 2.45) is 35.5 Å². The quantitative estimate of drug-likeness (QED) is 0.237. The van der Waals surface area contributed by atoms with Crippen LogP contribution in [0.3, 0.4) is 0 Å². The summed E-state index contributed by atoms with van der Waals surface area (Å²) >= 11 is 0. The van der Waals surface area contributed by atoms with Gasteiger partial charge in [0.05, 0.1) is 13.1 Å². The molecule has 0 aliphatic carbocycles. The fourth-order valence-electron chi connectivity index (χ4n) is 9.93. The van der Waals surface area contributed by atoms with Gasteiger partial charge in [-0.25, -0.2) is 0 Å². The van der Waals surface area contributed by atoms with Gasteiger partial charge in [-0.05, 0) is 204 Å². The van der Waals surface area contributed by atoms with Crippen molar-refractivity contribution in [3.63, 3.8) is 0 Å². The van der Waals surface area contributed by atoms with Crippen molar-refractivity contribution in [1.82, 2.24) is 45.3 Å². The normalized spacial score (nSPS) is 24.1. The summed E-state index contributed by atoms with van der Waals surface area (Å²) in [5.74, 6) is 5.57. The highest BCUT2D eigenvalue weighted by molar-refractivity contribution is 5.78. The second-order valence-corrected chi connectivity index (χ2v) is 19.8. The molecule has 0 atom stereocenters. The van der Waals surface area contributed by atoms with E-state index in [-0.39, 0.29) is 17.7 Å². The van der Waals surface area contributed by atoms with Crippen LogP contribution in [-0.2, 0) is 14.4 Å². The van der Waals surface area contributed by atoms with Crippen LogP contribution in [0.15, 0.2) is 0 Å². The zero-order valence-corrected chi connectivity index (χ0v) is 39.0. The Kier molecular flexibility index (Phi) is 23.6. The number of likely N-dealkylation sites (tertiary alicyclic amines) is 6. The lowest BCUT2D eigenvalue weighted by molar-refractivity contribution is -0.122. The van der Waals surface area contributed by atoms with E-state index in [1.165, 1.54) is 162 Å². The van der Waals surface area contributed by atoms with E-state index in [0.717, 1.165) is 55.8 Å². The molecule has 6 aliphatic heterocycles. The second-order valence-electron chi connectivity index (χ2n) is 19.8. The molecule has 6 heterocycles. The Morgan fingerprint density at radius 3 is 1.12 bits per heavy atom. The van der Waals surface area contributed by atoms with E-state index in [9.17, 15) is 14.4 Å². The van der Waals surface area contributed by atoms with Crippen molar-refractivity contribution in [1.29, 1.82) is 0 Å². The summed E-state index contributed by atoms with van der Waals surface area (Å²) in [7, 11) is 5.16. The summed E-state index contributed by atoms with van der Waals surface area (Å²) in [5, 5.41) is 8.15. The van der Waals surface area contributed by atoms with Crippen LogP contribution in [-0.4, -0.2) is 186 Å². The molecule has 0 bridgehead atoms. The van der Waals surface area contributed by atoms with Crippen LogP contribution in [0, 0.1) is 35.5 Å². The van der Waals surface area contributed by atoms with Crippen LogP contribution in [0.1, 0.15) is 111 Å². The number of piperidine rings is 6. The molecule has 3 amide bonds. The van der Waals surface area contributed by atoms with Crippen molar-refractivity contribution in [2.75, 3.05) is 139 Å². The van der Waals surface area contributed by atoms with Crippen LogP contribution in [0.4, 0.5) is 0 Å². The molecule has 0 spiro atoms. The van der Waals surface area contributed by atoms with E-state index in [1.807, 2.05) is 0 Å². The van der Waals surface area contributed by atoms with Gasteiger partial charge in [0.25, 0.3) is 0 Å². The van der Waals surface area contributed by atoms with E-state index in [2.05, 4.69) is 66.1 Å². The molecule has 0 aromatic rings. The Hall–Kier alpha value is -1.83. The molecule has 12 nitrogen and oxygen atoms in total. The SMILES string of the molecule is CNC(=O)CC1CCN(CCN2CCC(C)CC2)CC1.CNC(=O)CN1CCC(CCN2CCC(C)CC2)CC1.CNC(=O)CN1CCC(CN2CCC(C)CC2)CC1. The van der Waals surface area contributed by atoms with Gasteiger partial charge in [0.15, 0.2) is 0 Å². The molecule has 0 aromatic carbocycles. The maximum absolute atomic E-state index is 11.4. The van der Waals surface area contributed by atoms with Gasteiger partial charge in [0, 0.05) is 47.2 Å². The molecule has 0 unspecified atom stereocenters. The van der Waals surface area contributed by atoms with Crippen molar-refractivity contribution in [3.05, 3.63) is 0 Å². The van der Waals surface area contributed by atoms with Crippen molar-refractivity contribution >= 4 is 17.7 Å². The lowest BCUT2D eigenvalue weighted by Crippen LogP contribution is -2.44. The van der Waals surface area contributed by atoms with Crippen molar-refractivity contribution in [3.8, 4) is 0 Å². The lowest BCUT2D eigenvalue weighted by Gasteiger charge is -2.37. The highest BCUT2D eigenvalue weighted by Crippen LogP contribution is 2.25. The first-order valence-corrected chi connectivity index (χ1v) is 24.5. The molecule has 0 saturated carbocycles. The molecule has 3 N–H and O–H groups in total. The highest BCUT2D eigenvalue weighted by Gasteiger charge is 2.26. The van der Waals surface area contributed by atoms with Gasteiger partial charge in [0.1, 0.15) is 0 Å². The maximum atomic E-state index is 11.4. The largest absolute Gasteiger partial charge is 0.359 e. The van der Waals surface area contributed by atoms with E-state index in [4.69, 9.17) is 0 Å². The van der Waals surface area contributed by atoms with E-state index >= 15 is 0 Å². The standard InChI is InChI=1S/2C16H31N3O.C15H29N3O/c1-14-3-8-18(9-4-14)10-5-15-6-11-19(12-7-15)13-16(20)17-2;1-14-3-7-18(8-4-14)11-12-19-9-5-15(6-10-19)13-16(20)17-2;1-13-3-7-17(8-4-13)11-14-5-9-18(10-6-14)12-15(19)16-2/h2*14-15H,3-13H2,1-2H3,(H,17,20);13-14H,3-12H2,1-2H3,(H,16,19). The third kappa shape index (κ3) is 20.3. The average Bonchev–Trinajstić information content (AvgIpc) is 3.26. The Bertz CT molecular complexity index is 1090. The fraction of sp³-hybridized carbons (Fsp3) is 0.936. The van der Waals surface area contributed by atoms with Gasteiger partial charge in [-0.1, -0.05) is 20.8 Å². The summed E-state index contributed by atoms with van der Waals surface area (Å²) in [5.41, 5.74) is 0. The van der Waals surface area contributed by atoms with E-state index in [0.29, 0.717) is 25.4 Å². The zero-order chi connectivity index (χ0) is 42.4. The zero-order valence-electron chi connectivity index (χ0n) is 39.0. The molecule has 12 heteroatoms. The number of hydrogen-bond acceptors (Lipinski definition) is 9. The number of rotatable bonds is 14. The molecular weight excluding hydrogens is 739 g/mol. The molecular formula is C47H91N9O3. The molecule has 6 fully saturated rings. The van der Waals surface area contributed by atoms with Crippen molar-refractivity contribution in [2.45, 2.75) is 111 Å². The third-order valence-corrected chi connectivity index (χ3v) is 14.9. The predicted octanol–water partition coefficient (Wildman–Crippen LogP) is 4.31. The Balaban J connectivity index is 0.000000196. The second kappa shape index (κ2) is 28.0. The summed E-state index contributed by atoms with van der Waals surface area (Å²) in [6.07, 6.45) is 17.7. The minimum absolute atomic E-state index is 0.142. The number of nitrogens with one attached hydrogen (secondary N) is 3. The van der Waals surface area contributed by atoms with Gasteiger partial charge in [-0.15, -0.1) is 0 Å². The number of carbonyl (C=O) groups is 3. The highest BCUT2D eigenvalue weighted by atomic mass is 16.2. The number of amides is 3. The Morgan fingerprint density at radius 2 is 0.712 bits per heavy atom. The fourth-order valence-corrected chi connectivity index (χ4v) is 9.93. The maximum Gasteiger partial charge on any atom is 0.233 e. The first-order chi connectivity index (χ1) is 28.5. The molecule has 6 rings (SSSR count). The number of carbonyl (C=O) groups excluding carboxylic acids is 3. The van der Waals surface area contributed by atoms with Crippen LogP contribution in [0.2, 0.25) is 0 Å². The van der Waals surface area contributed by atoms with Gasteiger partial charge >= 0.3 is 0 Å². The molecule has 6 saturated heterocycles. The molecule has 0 radical (unpaired) electrons. The summed E-state index contributed by atoms with van der Waals surface area (Å²) < 4.78 is 0. The topological polar surface area (TPSA) is 107 Å². The minimum atomic E-state index is 0.142.